The van der Waals surface area contributed by atoms with Crippen molar-refractivity contribution in [3.63, 3.8) is 0 Å². The maximum atomic E-state index is 10.7. The Morgan fingerprint density at radius 1 is 0.643 bits per heavy atom. The molecule has 0 amide bonds. The number of nitrogens with one attached hydrogen (secondary N) is 1. The summed E-state index contributed by atoms with van der Waals surface area (Å²) in [5.41, 5.74) is 1.61. The predicted octanol–water partition coefficient (Wildman–Crippen LogP) is 4.97. The van der Waals surface area contributed by atoms with Crippen LogP contribution < -0.4 is 5.32 Å². The van der Waals surface area contributed by atoms with Crippen LogP contribution in [0, 0.1) is 0 Å². The van der Waals surface area contributed by atoms with Crippen molar-refractivity contribution >= 4 is 42.0 Å². The highest BCUT2D eigenvalue weighted by atomic mass is 31.2. The second-order valence-electron chi connectivity index (χ2n) is 6.64. The fraction of sp³-hybridized carbons (Fsp3) is 0.696. The van der Waals surface area contributed by atoms with Gasteiger partial charge in [0, 0.05) is 24.6 Å². The minimum atomic E-state index is -4.23. The largest absolute Gasteiger partial charge is 0.466 e. The number of anilines is 1. The van der Waals surface area contributed by atoms with Gasteiger partial charge < -0.3 is 49.2 Å². The molecule has 0 heterocycles. The van der Waals surface area contributed by atoms with Gasteiger partial charge in [-0.1, -0.05) is 67.5 Å². The first-order chi connectivity index (χ1) is 19.1. The summed E-state index contributed by atoms with van der Waals surface area (Å²) in [4.78, 5) is 76.0. The van der Waals surface area contributed by atoms with Crippen LogP contribution in [0.25, 0.3) is 0 Å². The van der Waals surface area contributed by atoms with E-state index in [1.165, 1.54) is 13.8 Å². The van der Waals surface area contributed by atoms with Crippen LogP contribution >= 0.6 is 30.4 Å². The van der Waals surface area contributed by atoms with Crippen LogP contribution in [-0.4, -0.2) is 76.8 Å². The van der Waals surface area contributed by atoms with Crippen LogP contribution in [0.3, 0.4) is 0 Å². The Bertz CT molecular complexity index is 900. The monoisotopic (exact) mass is 693 g/mol. The molecule has 0 fully saturated rings. The van der Waals surface area contributed by atoms with Gasteiger partial charge in [-0.15, -0.1) is 0 Å². The van der Waals surface area contributed by atoms with Gasteiger partial charge in [0.1, 0.15) is 6.16 Å². The summed E-state index contributed by atoms with van der Waals surface area (Å²) in [5, 5.41) is 3.10. The molecule has 9 N–H and O–H groups in total. The fourth-order valence-electron chi connectivity index (χ4n) is 1.54. The van der Waals surface area contributed by atoms with E-state index in [4.69, 9.17) is 39.1 Å². The normalized spacial score (nSPS) is 10.2. The molecular formula is C23H55NO14P4. The SMILES string of the molecule is CC.CC.CC.CCNc1ccc(CP(=O)(O)O)cc1.CCOC(=O)CP(=O)(O)O.CCP(=O)(O)O.CCP(=O)(O)O. The lowest BCUT2D eigenvalue weighted by Gasteiger charge is -2.06. The Morgan fingerprint density at radius 3 is 1.19 bits per heavy atom. The zero-order chi connectivity index (χ0) is 35.2. The van der Waals surface area contributed by atoms with Gasteiger partial charge >= 0.3 is 36.4 Å². The van der Waals surface area contributed by atoms with Crippen molar-refractivity contribution in [1.82, 2.24) is 0 Å². The summed E-state index contributed by atoms with van der Waals surface area (Å²) in [6, 6.07) is 7.07. The maximum absolute atomic E-state index is 10.7. The van der Waals surface area contributed by atoms with Crippen molar-refractivity contribution in [2.24, 2.45) is 0 Å². The van der Waals surface area contributed by atoms with E-state index in [0.717, 1.165) is 12.2 Å². The van der Waals surface area contributed by atoms with Gasteiger partial charge in [0.15, 0.2) is 0 Å². The average Bonchev–Trinajstić information content (AvgIpc) is 2.87. The Morgan fingerprint density at radius 2 is 0.976 bits per heavy atom. The number of carbonyl (C=O) groups is 1. The summed E-state index contributed by atoms with van der Waals surface area (Å²) in [6.07, 6.45) is -1.15. The van der Waals surface area contributed by atoms with Gasteiger partial charge in [-0.25, -0.2) is 0 Å². The lowest BCUT2D eigenvalue weighted by molar-refractivity contribution is -0.140. The Hall–Kier alpha value is -0.910. The summed E-state index contributed by atoms with van der Waals surface area (Å²) in [5.74, 6) is -0.865. The predicted molar refractivity (Wildman–Crippen MR) is 169 cm³/mol. The number of hydrogen-bond donors (Lipinski definition) is 9. The smallest absolute Gasteiger partial charge is 0.336 e. The van der Waals surface area contributed by atoms with Crippen molar-refractivity contribution in [3.05, 3.63) is 29.8 Å². The number of hydrogen-bond acceptors (Lipinski definition) is 7. The highest BCUT2D eigenvalue weighted by Gasteiger charge is 2.19. The molecule has 42 heavy (non-hydrogen) atoms. The second-order valence-corrected chi connectivity index (χ2v) is 13.9. The zero-order valence-electron chi connectivity index (χ0n) is 26.4. The van der Waals surface area contributed by atoms with Crippen molar-refractivity contribution < 1.29 is 66.9 Å². The molecule has 0 bridgehead atoms. The number of benzene rings is 1. The molecular weight excluding hydrogens is 638 g/mol. The van der Waals surface area contributed by atoms with Crippen LogP contribution in [-0.2, 0) is 34.0 Å². The van der Waals surface area contributed by atoms with Crippen LogP contribution in [0.15, 0.2) is 24.3 Å². The lowest BCUT2D eigenvalue weighted by atomic mass is 10.2. The molecule has 256 valence electrons. The first-order valence-corrected chi connectivity index (χ1v) is 20.4. The van der Waals surface area contributed by atoms with Crippen molar-refractivity contribution in [1.29, 1.82) is 0 Å². The van der Waals surface area contributed by atoms with Crippen molar-refractivity contribution in [3.8, 4) is 0 Å². The number of rotatable bonds is 9. The molecule has 0 atom stereocenters. The van der Waals surface area contributed by atoms with Crippen LogP contribution in [0.4, 0.5) is 5.69 Å². The van der Waals surface area contributed by atoms with Crippen LogP contribution in [0.2, 0.25) is 0 Å². The fourth-order valence-corrected chi connectivity index (χ4v) is 2.66. The first-order valence-electron chi connectivity index (χ1n) is 13.3. The van der Waals surface area contributed by atoms with E-state index in [0.29, 0.717) is 5.56 Å². The summed E-state index contributed by atoms with van der Waals surface area (Å²) < 4.78 is 44.5. The molecule has 0 aliphatic carbocycles. The molecule has 19 heteroatoms. The molecule has 0 aromatic heterocycles. The minimum absolute atomic E-state index is 0.0625. The van der Waals surface area contributed by atoms with E-state index in [1.807, 2.05) is 60.6 Å². The molecule has 0 aliphatic rings. The number of esters is 1. The summed E-state index contributed by atoms with van der Waals surface area (Å²) in [6.45, 7) is 19.4. The van der Waals surface area contributed by atoms with Crippen molar-refractivity contribution in [2.45, 2.75) is 75.4 Å². The summed E-state index contributed by atoms with van der Waals surface area (Å²) in [7, 11) is -15.5. The van der Waals surface area contributed by atoms with E-state index in [9.17, 15) is 23.1 Å². The highest BCUT2D eigenvalue weighted by molar-refractivity contribution is 7.53. The van der Waals surface area contributed by atoms with E-state index in [-0.39, 0.29) is 25.1 Å². The number of ether oxygens (including phenoxy) is 1. The lowest BCUT2D eigenvalue weighted by Crippen LogP contribution is -2.09. The Balaban J connectivity index is -0.000000102. The molecule has 0 unspecified atom stereocenters. The minimum Gasteiger partial charge on any atom is -0.466 e. The standard InChI is InChI=1S/C9H14NO3P.C4H9O5P.2C2H7O3P.3C2H6/c1-2-10-9-5-3-8(4-6-9)7-14(11,12)13;1-2-9-4(5)3-10(6,7)8;2*1-2-6(3,4)5;3*1-2/h3-6,10H,2,7H2,1H3,(H2,11,12,13);2-3H2,1H3,(H2,6,7,8);2*2H2,1H3,(H2,3,4,5);3*1-2H3. The van der Waals surface area contributed by atoms with E-state index in [1.54, 1.807) is 19.1 Å². The molecule has 0 spiro atoms. The third-order valence-corrected chi connectivity index (χ3v) is 6.28. The number of carbonyl (C=O) groups excluding carboxylic acids is 1. The quantitative estimate of drug-likeness (QED) is 0.122. The van der Waals surface area contributed by atoms with E-state index in [2.05, 4.69) is 10.1 Å². The topological polar surface area (TPSA) is 268 Å². The van der Waals surface area contributed by atoms with E-state index >= 15 is 0 Å². The average molecular weight is 694 g/mol. The zero-order valence-corrected chi connectivity index (χ0v) is 29.9. The molecule has 0 saturated heterocycles. The molecule has 15 nitrogen and oxygen atoms in total. The second kappa shape index (κ2) is 31.5. The van der Waals surface area contributed by atoms with Crippen LogP contribution in [0.1, 0.15) is 74.8 Å². The van der Waals surface area contributed by atoms with E-state index < -0.39 is 42.5 Å². The molecule has 1 rings (SSSR count). The van der Waals surface area contributed by atoms with Crippen LogP contribution in [0.5, 0.6) is 0 Å². The molecule has 0 radical (unpaired) electrons. The van der Waals surface area contributed by atoms with Gasteiger partial charge in [0.05, 0.1) is 12.8 Å². The Kier molecular flexibility index (Phi) is 40.2. The first kappa shape index (κ1) is 53.6. The molecule has 0 aliphatic heterocycles. The van der Waals surface area contributed by atoms with Gasteiger partial charge in [0.25, 0.3) is 0 Å². The van der Waals surface area contributed by atoms with Gasteiger partial charge in [-0.3, -0.25) is 23.1 Å². The maximum Gasteiger partial charge on any atom is 0.336 e. The molecule has 0 saturated carbocycles. The van der Waals surface area contributed by atoms with Gasteiger partial charge in [0.2, 0.25) is 0 Å². The third kappa shape index (κ3) is 58.7. The van der Waals surface area contributed by atoms with Gasteiger partial charge in [-0.2, -0.15) is 0 Å². The highest BCUT2D eigenvalue weighted by Crippen LogP contribution is 2.39. The summed E-state index contributed by atoms with van der Waals surface area (Å²) >= 11 is 0. The third-order valence-electron chi connectivity index (χ3n) is 3.19. The molecule has 1 aromatic carbocycles. The Labute approximate surface area is 251 Å². The van der Waals surface area contributed by atoms with Crippen molar-refractivity contribution in [2.75, 3.05) is 37.0 Å². The van der Waals surface area contributed by atoms with Gasteiger partial charge in [-0.05, 0) is 31.5 Å². The molecule has 1 aromatic rings.